The number of hydrogen-bond donors (Lipinski definition) is 2. The maximum Gasteiger partial charge on any atom is 0.177 e. The molecule has 1 aliphatic heterocycles. The highest BCUT2D eigenvalue weighted by Crippen LogP contribution is 2.33. The minimum atomic E-state index is -0.837. The van der Waals surface area contributed by atoms with E-state index in [9.17, 15) is 0 Å². The summed E-state index contributed by atoms with van der Waals surface area (Å²) in [5.41, 5.74) is 9.37. The average molecular weight is 472 g/mol. The zero-order valence-corrected chi connectivity index (χ0v) is 19.2. The summed E-state index contributed by atoms with van der Waals surface area (Å²) in [4.78, 5) is 6.37. The van der Waals surface area contributed by atoms with E-state index in [-0.39, 0.29) is 0 Å². The number of H-pyrrole nitrogens is 1. The van der Waals surface area contributed by atoms with Crippen molar-refractivity contribution in [2.75, 3.05) is 13.1 Å². The van der Waals surface area contributed by atoms with Crippen molar-refractivity contribution in [3.63, 3.8) is 0 Å². The van der Waals surface area contributed by atoms with Gasteiger partial charge in [0, 0.05) is 54.2 Å². The molecule has 0 aliphatic carbocycles. The number of fused-ring (bicyclic) bond motifs is 1. The van der Waals surface area contributed by atoms with Crippen LogP contribution in [0.3, 0.4) is 0 Å². The van der Waals surface area contributed by atoms with Crippen LogP contribution in [0.1, 0.15) is 31.7 Å². The molecule has 1 saturated heterocycles. The van der Waals surface area contributed by atoms with Crippen LogP contribution >= 0.6 is 23.2 Å². The molecule has 10 heteroatoms. The standard InChI is InChI=1S/C22H23Cl2N7O/c1-12(2)30-10-14(11-30)31-9-13(6-27-31)21-16-5-15(3-4-19(16)28-29-21)32-22(25)20-17(23)7-26-8-18(20)24/h3-9,12,14,22H,10-11,25H2,1-2H3,(H,28,29)/t22-/m0/s1. The van der Waals surface area contributed by atoms with Crippen molar-refractivity contribution in [1.29, 1.82) is 0 Å². The summed E-state index contributed by atoms with van der Waals surface area (Å²) < 4.78 is 7.97. The van der Waals surface area contributed by atoms with Crippen LogP contribution in [0.25, 0.3) is 22.2 Å². The van der Waals surface area contributed by atoms with Crippen LogP contribution < -0.4 is 10.5 Å². The largest absolute Gasteiger partial charge is 0.471 e. The summed E-state index contributed by atoms with van der Waals surface area (Å²) in [6.07, 6.45) is 6.04. The molecule has 32 heavy (non-hydrogen) atoms. The molecular formula is C22H23Cl2N7O. The molecule has 5 rings (SSSR count). The number of aromatic amines is 1. The van der Waals surface area contributed by atoms with Gasteiger partial charge in [-0.3, -0.25) is 25.4 Å². The lowest BCUT2D eigenvalue weighted by molar-refractivity contribution is 0.0675. The Kier molecular flexibility index (Phi) is 5.54. The molecule has 1 fully saturated rings. The Morgan fingerprint density at radius 1 is 1.16 bits per heavy atom. The maximum absolute atomic E-state index is 6.23. The van der Waals surface area contributed by atoms with Crippen LogP contribution in [0.2, 0.25) is 10.0 Å². The Morgan fingerprint density at radius 2 is 1.91 bits per heavy atom. The summed E-state index contributed by atoms with van der Waals surface area (Å²) in [7, 11) is 0. The van der Waals surface area contributed by atoms with Gasteiger partial charge in [-0.2, -0.15) is 10.2 Å². The fraction of sp³-hybridized carbons (Fsp3) is 0.318. The van der Waals surface area contributed by atoms with E-state index < -0.39 is 6.23 Å². The highest BCUT2D eigenvalue weighted by atomic mass is 35.5. The summed E-state index contributed by atoms with van der Waals surface area (Å²) >= 11 is 12.4. The average Bonchev–Trinajstić information content (AvgIpc) is 3.33. The SMILES string of the molecule is CC(C)N1CC(n2cc(-c3n[nH]c4ccc(O[C@H](N)c5c(Cl)cncc5Cl)cc34)cn2)C1. The van der Waals surface area contributed by atoms with Gasteiger partial charge < -0.3 is 4.74 Å². The number of nitrogens with one attached hydrogen (secondary N) is 1. The fourth-order valence-electron chi connectivity index (χ4n) is 3.92. The number of likely N-dealkylation sites (tertiary alicyclic amines) is 1. The van der Waals surface area contributed by atoms with Gasteiger partial charge in [-0.15, -0.1) is 0 Å². The molecular weight excluding hydrogens is 449 g/mol. The van der Waals surface area contributed by atoms with Crippen LogP contribution in [-0.2, 0) is 0 Å². The van der Waals surface area contributed by atoms with E-state index in [1.54, 1.807) is 0 Å². The van der Waals surface area contributed by atoms with Crippen molar-refractivity contribution in [3.05, 3.63) is 58.6 Å². The highest BCUT2D eigenvalue weighted by Gasteiger charge is 2.30. The zero-order chi connectivity index (χ0) is 22.4. The van der Waals surface area contributed by atoms with Gasteiger partial charge in [-0.05, 0) is 32.0 Å². The summed E-state index contributed by atoms with van der Waals surface area (Å²) in [6, 6.07) is 6.57. The number of halogens is 2. The summed E-state index contributed by atoms with van der Waals surface area (Å²) in [5.74, 6) is 0.579. The molecule has 0 bridgehead atoms. The quantitative estimate of drug-likeness (QED) is 0.403. The predicted molar refractivity (Wildman–Crippen MR) is 125 cm³/mol. The Bertz CT molecular complexity index is 1240. The van der Waals surface area contributed by atoms with Gasteiger partial charge in [0.25, 0.3) is 0 Å². The van der Waals surface area contributed by atoms with E-state index in [2.05, 4.69) is 39.0 Å². The van der Waals surface area contributed by atoms with Gasteiger partial charge >= 0.3 is 0 Å². The first-order valence-electron chi connectivity index (χ1n) is 10.4. The molecule has 166 valence electrons. The Hall–Kier alpha value is -2.65. The van der Waals surface area contributed by atoms with Gasteiger partial charge in [-0.1, -0.05) is 23.2 Å². The lowest BCUT2D eigenvalue weighted by Gasteiger charge is -2.41. The molecule has 3 N–H and O–H groups in total. The molecule has 0 amide bonds. The Labute approximate surface area is 195 Å². The van der Waals surface area contributed by atoms with Gasteiger partial charge in [0.2, 0.25) is 0 Å². The number of benzene rings is 1. The van der Waals surface area contributed by atoms with E-state index in [4.69, 9.17) is 33.7 Å². The van der Waals surface area contributed by atoms with Crippen molar-refractivity contribution >= 4 is 34.1 Å². The normalized spacial score (nSPS) is 15.9. The number of aromatic nitrogens is 5. The molecule has 8 nitrogen and oxygen atoms in total. The van der Waals surface area contributed by atoms with Crippen molar-refractivity contribution in [2.45, 2.75) is 32.2 Å². The number of ether oxygens (including phenoxy) is 1. The molecule has 1 aliphatic rings. The van der Waals surface area contributed by atoms with Crippen LogP contribution in [0.5, 0.6) is 5.75 Å². The minimum absolute atomic E-state index is 0.356. The van der Waals surface area contributed by atoms with Crippen LogP contribution in [0, 0.1) is 0 Å². The first-order chi connectivity index (χ1) is 15.4. The highest BCUT2D eigenvalue weighted by molar-refractivity contribution is 6.35. The second-order valence-corrected chi connectivity index (χ2v) is 9.06. The van der Waals surface area contributed by atoms with Crippen LogP contribution in [0.15, 0.2) is 43.0 Å². The lowest BCUT2D eigenvalue weighted by atomic mass is 10.1. The summed E-state index contributed by atoms with van der Waals surface area (Å²) in [6.45, 7) is 6.44. The van der Waals surface area contributed by atoms with Crippen molar-refractivity contribution < 1.29 is 4.74 Å². The lowest BCUT2D eigenvalue weighted by Crippen LogP contribution is -2.50. The smallest absolute Gasteiger partial charge is 0.177 e. The molecule has 4 aromatic rings. The third-order valence-corrected chi connectivity index (χ3v) is 6.44. The molecule has 4 heterocycles. The van der Waals surface area contributed by atoms with E-state index >= 15 is 0 Å². The molecule has 0 unspecified atom stereocenters. The zero-order valence-electron chi connectivity index (χ0n) is 17.7. The third kappa shape index (κ3) is 3.84. The molecule has 1 atom stereocenters. The number of nitrogens with zero attached hydrogens (tertiary/aromatic N) is 5. The first kappa shape index (κ1) is 21.2. The van der Waals surface area contributed by atoms with E-state index in [1.807, 2.05) is 35.3 Å². The second kappa shape index (κ2) is 8.37. The van der Waals surface area contributed by atoms with Crippen molar-refractivity contribution in [3.8, 4) is 17.0 Å². The number of rotatable bonds is 6. The predicted octanol–water partition coefficient (Wildman–Crippen LogP) is 4.43. The molecule has 1 aromatic carbocycles. The number of nitrogens with two attached hydrogens (primary N) is 1. The molecule has 3 aromatic heterocycles. The third-order valence-electron chi connectivity index (χ3n) is 5.84. The Balaban J connectivity index is 1.39. The molecule has 0 spiro atoms. The minimum Gasteiger partial charge on any atom is -0.471 e. The van der Waals surface area contributed by atoms with Gasteiger partial charge in [-0.25, -0.2) is 0 Å². The first-order valence-corrected chi connectivity index (χ1v) is 11.1. The van der Waals surface area contributed by atoms with Crippen molar-refractivity contribution in [1.82, 2.24) is 29.9 Å². The van der Waals surface area contributed by atoms with E-state index in [0.717, 1.165) is 35.2 Å². The van der Waals surface area contributed by atoms with Crippen LogP contribution in [-0.4, -0.2) is 49.0 Å². The van der Waals surface area contributed by atoms with Crippen LogP contribution in [0.4, 0.5) is 0 Å². The van der Waals surface area contributed by atoms with E-state index in [1.165, 1.54) is 12.4 Å². The van der Waals surface area contributed by atoms with E-state index in [0.29, 0.717) is 33.4 Å². The Morgan fingerprint density at radius 3 is 2.62 bits per heavy atom. The number of pyridine rings is 1. The van der Waals surface area contributed by atoms with Gasteiger partial charge in [0.15, 0.2) is 6.23 Å². The second-order valence-electron chi connectivity index (χ2n) is 8.25. The van der Waals surface area contributed by atoms with Crippen molar-refractivity contribution in [2.24, 2.45) is 5.73 Å². The summed E-state index contributed by atoms with van der Waals surface area (Å²) in [5, 5.41) is 13.8. The van der Waals surface area contributed by atoms with Gasteiger partial charge in [0.05, 0.1) is 27.8 Å². The maximum atomic E-state index is 6.23. The number of hydrogen-bond acceptors (Lipinski definition) is 6. The van der Waals surface area contributed by atoms with Gasteiger partial charge in [0.1, 0.15) is 11.4 Å². The molecule has 0 saturated carbocycles. The monoisotopic (exact) mass is 471 g/mol. The fourth-order valence-corrected chi connectivity index (χ4v) is 4.50. The molecule has 0 radical (unpaired) electrons. The topological polar surface area (TPSA) is 97.9 Å².